The Morgan fingerprint density at radius 3 is 2.74 bits per heavy atom. The first-order valence-electron chi connectivity index (χ1n) is 12.1. The van der Waals surface area contributed by atoms with Crippen LogP contribution in [0.5, 0.6) is 11.6 Å². The zero-order valence-corrected chi connectivity index (χ0v) is 21.4. The molecule has 0 aliphatic carbocycles. The van der Waals surface area contributed by atoms with Crippen LogP contribution in [0.3, 0.4) is 0 Å². The summed E-state index contributed by atoms with van der Waals surface area (Å²) in [4.78, 5) is 12.8. The normalized spacial score (nSPS) is 19.8. The summed E-state index contributed by atoms with van der Waals surface area (Å²) in [5.41, 5.74) is 6.83. The Kier molecular flexibility index (Phi) is 9.44. The molecule has 0 saturated carbocycles. The van der Waals surface area contributed by atoms with Crippen LogP contribution in [-0.2, 0) is 16.0 Å². The Hall–Kier alpha value is -2.49. The maximum Gasteiger partial charge on any atom is 0.369 e. The van der Waals surface area contributed by atoms with Crippen molar-refractivity contribution in [3.63, 3.8) is 0 Å². The molecule has 2 aromatic rings. The second-order valence-corrected chi connectivity index (χ2v) is 9.84. The number of phenolic OH excluding ortho intramolecular Hbond substituents is 1. The second-order valence-electron chi connectivity index (χ2n) is 9.31. The molecular weight excluding hydrogens is 452 g/mol. The number of unbranched alkanes of at least 4 members (excludes halogenated alkanes) is 3. The SMILES string of the molecule is CCCCCCOc1nsnc1C1=CCC[N+](C)(C(C)OC(=O)[C@@H]([NH3+])Cc2ccc(O)cc2)C1. The van der Waals surface area contributed by atoms with Crippen molar-refractivity contribution in [2.24, 2.45) is 0 Å². The van der Waals surface area contributed by atoms with E-state index in [4.69, 9.17) is 9.47 Å². The van der Waals surface area contributed by atoms with Gasteiger partial charge in [0.15, 0.2) is 6.04 Å². The molecule has 1 aliphatic rings. The van der Waals surface area contributed by atoms with Crippen LogP contribution in [0.25, 0.3) is 5.57 Å². The molecule has 3 atom stereocenters. The van der Waals surface area contributed by atoms with Crippen molar-refractivity contribution in [2.75, 3.05) is 26.7 Å². The third kappa shape index (κ3) is 7.01. The van der Waals surface area contributed by atoms with Crippen molar-refractivity contribution < 1.29 is 29.6 Å². The molecule has 1 aromatic carbocycles. The zero-order chi connectivity index (χ0) is 24.6. The highest BCUT2D eigenvalue weighted by Crippen LogP contribution is 2.31. The Morgan fingerprint density at radius 1 is 1.24 bits per heavy atom. The topological polar surface area (TPSA) is 109 Å². The van der Waals surface area contributed by atoms with Gasteiger partial charge in [0.05, 0.1) is 31.9 Å². The van der Waals surface area contributed by atoms with Gasteiger partial charge in [-0.1, -0.05) is 44.4 Å². The molecule has 0 radical (unpaired) electrons. The van der Waals surface area contributed by atoms with Gasteiger partial charge in [0.1, 0.15) is 18.0 Å². The monoisotopic (exact) mass is 490 g/mol. The van der Waals surface area contributed by atoms with Crippen molar-refractivity contribution in [2.45, 2.75) is 64.6 Å². The summed E-state index contributed by atoms with van der Waals surface area (Å²) < 4.78 is 21.3. The summed E-state index contributed by atoms with van der Waals surface area (Å²) in [5.74, 6) is 0.493. The van der Waals surface area contributed by atoms with Crippen molar-refractivity contribution in [3.05, 3.63) is 41.6 Å². The van der Waals surface area contributed by atoms with Gasteiger partial charge in [-0.15, -0.1) is 4.37 Å². The van der Waals surface area contributed by atoms with Gasteiger partial charge in [0.25, 0.3) is 5.88 Å². The van der Waals surface area contributed by atoms with Gasteiger partial charge in [0.2, 0.25) is 6.23 Å². The molecule has 4 N–H and O–H groups in total. The Bertz CT molecular complexity index is 962. The molecule has 0 saturated heterocycles. The minimum Gasteiger partial charge on any atom is -0.508 e. The molecule has 2 heterocycles. The predicted octanol–water partition coefficient (Wildman–Crippen LogP) is 3.18. The summed E-state index contributed by atoms with van der Waals surface area (Å²) in [6, 6.07) is 6.30. The molecule has 1 aromatic heterocycles. The Morgan fingerprint density at radius 2 is 2.00 bits per heavy atom. The lowest BCUT2D eigenvalue weighted by atomic mass is 10.0. The summed E-state index contributed by atoms with van der Waals surface area (Å²) in [6.07, 6.45) is 7.78. The molecule has 0 fully saturated rings. The standard InChI is InChI=1S/C25H36N4O4S/c1-4-5-6-7-15-32-24-23(27-34-28-24)20-9-8-14-29(3,17-20)18(2)33-25(31)22(26)16-19-10-12-21(30)13-11-19/h9-13,18,22H,4-8,14-17,26H2,1-3H3/p+2/t18?,22-,29?/m0/s1. The summed E-state index contributed by atoms with van der Waals surface area (Å²) in [7, 11) is 2.11. The fourth-order valence-electron chi connectivity index (χ4n) is 4.11. The first-order valence-corrected chi connectivity index (χ1v) is 12.9. The number of aromatic nitrogens is 2. The van der Waals surface area contributed by atoms with Crippen molar-refractivity contribution in [1.82, 2.24) is 8.75 Å². The van der Waals surface area contributed by atoms with Gasteiger partial charge in [-0.25, -0.2) is 4.79 Å². The van der Waals surface area contributed by atoms with E-state index >= 15 is 0 Å². The number of quaternary nitrogens is 2. The number of nitrogens with zero attached hydrogens (tertiary/aromatic N) is 3. The first-order chi connectivity index (χ1) is 16.3. The van der Waals surface area contributed by atoms with Gasteiger partial charge in [-0.05, 0) is 24.1 Å². The van der Waals surface area contributed by atoms with E-state index in [0.717, 1.165) is 42.6 Å². The van der Waals surface area contributed by atoms with Gasteiger partial charge >= 0.3 is 5.97 Å². The molecule has 3 rings (SSSR count). The number of ether oxygens (including phenoxy) is 2. The third-order valence-electron chi connectivity index (χ3n) is 6.48. The highest BCUT2D eigenvalue weighted by molar-refractivity contribution is 6.99. The van der Waals surface area contributed by atoms with E-state index in [1.807, 2.05) is 6.92 Å². The number of likely N-dealkylation sites (N-methyl/N-ethyl adjacent to an activating group) is 1. The number of esters is 1. The zero-order valence-electron chi connectivity index (χ0n) is 20.5. The lowest BCUT2D eigenvalue weighted by Gasteiger charge is -2.41. The molecule has 0 amide bonds. The number of benzene rings is 1. The maximum absolute atomic E-state index is 12.8. The van der Waals surface area contributed by atoms with Crippen LogP contribution in [0.4, 0.5) is 0 Å². The molecule has 34 heavy (non-hydrogen) atoms. The number of hydrogen-bond acceptors (Lipinski definition) is 7. The minimum absolute atomic E-state index is 0.201. The fraction of sp³-hybridized carbons (Fsp3) is 0.560. The van der Waals surface area contributed by atoms with E-state index < -0.39 is 6.04 Å². The Labute approximate surface area is 206 Å². The smallest absolute Gasteiger partial charge is 0.369 e. The number of phenols is 1. The lowest BCUT2D eigenvalue weighted by Crippen LogP contribution is -2.67. The number of aromatic hydroxyl groups is 1. The van der Waals surface area contributed by atoms with Crippen LogP contribution in [-0.4, -0.2) is 63.3 Å². The molecule has 8 nitrogen and oxygen atoms in total. The van der Waals surface area contributed by atoms with Crippen LogP contribution >= 0.6 is 11.7 Å². The highest BCUT2D eigenvalue weighted by Gasteiger charge is 2.38. The maximum atomic E-state index is 12.8. The largest absolute Gasteiger partial charge is 0.508 e. The average molecular weight is 491 g/mol. The number of rotatable bonds is 12. The van der Waals surface area contributed by atoms with E-state index in [1.54, 1.807) is 24.3 Å². The second kappa shape index (κ2) is 12.3. The third-order valence-corrected chi connectivity index (χ3v) is 6.99. The van der Waals surface area contributed by atoms with Crippen LogP contribution in [0.15, 0.2) is 30.3 Å². The summed E-state index contributed by atoms with van der Waals surface area (Å²) >= 11 is 1.17. The minimum atomic E-state index is -0.520. The van der Waals surface area contributed by atoms with E-state index in [9.17, 15) is 9.90 Å². The van der Waals surface area contributed by atoms with Crippen molar-refractivity contribution in [1.29, 1.82) is 0 Å². The number of hydrogen-bond donors (Lipinski definition) is 2. The first kappa shape index (κ1) is 26.1. The van der Waals surface area contributed by atoms with Crippen LogP contribution in [0.2, 0.25) is 0 Å². The highest BCUT2D eigenvalue weighted by atomic mass is 32.1. The van der Waals surface area contributed by atoms with E-state index in [1.165, 1.54) is 24.6 Å². The predicted molar refractivity (Wildman–Crippen MR) is 132 cm³/mol. The molecule has 0 spiro atoms. The van der Waals surface area contributed by atoms with E-state index in [-0.39, 0.29) is 17.9 Å². The van der Waals surface area contributed by atoms with Gasteiger partial charge in [-0.3, -0.25) is 4.48 Å². The number of carbonyl (C=O) groups excluding carboxylic acids is 1. The molecule has 1 aliphatic heterocycles. The molecular formula is C25H38N4O4S+2. The van der Waals surface area contributed by atoms with E-state index in [0.29, 0.717) is 29.9 Å². The average Bonchev–Trinajstić information content (AvgIpc) is 3.29. The Balaban J connectivity index is 1.57. The number of carbonyl (C=O) groups is 1. The molecule has 186 valence electrons. The molecule has 0 bridgehead atoms. The lowest BCUT2D eigenvalue weighted by molar-refractivity contribution is -0.944. The van der Waals surface area contributed by atoms with E-state index in [2.05, 4.69) is 34.5 Å². The van der Waals surface area contributed by atoms with Crippen LogP contribution in [0, 0.1) is 0 Å². The quantitative estimate of drug-likeness (QED) is 0.269. The van der Waals surface area contributed by atoms with Gasteiger partial charge in [-0.2, -0.15) is 4.37 Å². The van der Waals surface area contributed by atoms with Gasteiger partial charge < -0.3 is 20.3 Å². The van der Waals surface area contributed by atoms with Crippen molar-refractivity contribution >= 4 is 23.3 Å². The molecule has 9 heteroatoms. The summed E-state index contributed by atoms with van der Waals surface area (Å²) in [5, 5.41) is 9.44. The van der Waals surface area contributed by atoms with Crippen LogP contribution < -0.4 is 10.5 Å². The fourth-order valence-corrected chi connectivity index (χ4v) is 4.64. The van der Waals surface area contributed by atoms with Crippen LogP contribution in [0.1, 0.15) is 57.2 Å². The van der Waals surface area contributed by atoms with Gasteiger partial charge in [0, 0.05) is 25.3 Å². The van der Waals surface area contributed by atoms with Crippen molar-refractivity contribution in [3.8, 4) is 11.6 Å². The molecule has 2 unspecified atom stereocenters. The summed E-state index contributed by atoms with van der Waals surface area (Å²) in [6.45, 7) is 6.34.